The molecule has 1 N–H and O–H groups in total. The molecular weight excluding hydrogens is 230 g/mol. The molecule has 1 saturated carbocycles. The Morgan fingerprint density at radius 1 is 1.21 bits per heavy atom. The lowest BCUT2D eigenvalue weighted by atomic mass is 9.76. The van der Waals surface area contributed by atoms with Gasteiger partial charge in [0.25, 0.3) is 0 Å². The number of nitrogens with one attached hydrogen (secondary N) is 1. The van der Waals surface area contributed by atoms with Gasteiger partial charge in [0.05, 0.1) is 0 Å². The molecule has 0 spiro atoms. The Labute approximate surface area is 118 Å². The fourth-order valence-corrected chi connectivity index (χ4v) is 2.80. The number of hydrogen-bond acceptors (Lipinski definition) is 1. The van der Waals surface area contributed by atoms with Gasteiger partial charge in [0.2, 0.25) is 0 Å². The highest BCUT2D eigenvalue weighted by atomic mass is 14.8. The smallest absolute Gasteiger partial charge is 0.00406 e. The molecule has 1 aromatic carbocycles. The topological polar surface area (TPSA) is 12.0 Å². The fraction of sp³-hybridized carbons (Fsp3) is 0.667. The molecule has 1 aromatic rings. The molecule has 106 valence electrons. The summed E-state index contributed by atoms with van der Waals surface area (Å²) < 4.78 is 0. The molecule has 1 fully saturated rings. The Hall–Kier alpha value is -0.820. The van der Waals surface area contributed by atoms with Crippen LogP contribution in [0.4, 0.5) is 0 Å². The van der Waals surface area contributed by atoms with Gasteiger partial charge in [0.1, 0.15) is 0 Å². The average Bonchev–Trinajstić information content (AvgIpc) is 2.33. The number of rotatable bonds is 7. The second-order valence-corrected chi connectivity index (χ2v) is 6.64. The van der Waals surface area contributed by atoms with Crippen molar-refractivity contribution in [2.45, 2.75) is 64.2 Å². The number of hydrogen-bond donors (Lipinski definition) is 1. The summed E-state index contributed by atoms with van der Waals surface area (Å²) in [6.07, 6.45) is 6.63. The Balaban J connectivity index is 1.98. The minimum Gasteiger partial charge on any atom is -0.317 e. The molecule has 0 heterocycles. The zero-order valence-electron chi connectivity index (χ0n) is 12.8. The van der Waals surface area contributed by atoms with E-state index >= 15 is 0 Å². The van der Waals surface area contributed by atoms with Crippen molar-refractivity contribution in [2.75, 3.05) is 13.1 Å². The highest BCUT2D eigenvalue weighted by molar-refractivity contribution is 5.32. The third-order valence-corrected chi connectivity index (χ3v) is 4.60. The molecule has 1 heteroatoms. The lowest BCUT2D eigenvalue weighted by Crippen LogP contribution is -2.26. The molecule has 0 unspecified atom stereocenters. The maximum absolute atomic E-state index is 3.52. The molecule has 0 aliphatic heterocycles. The third-order valence-electron chi connectivity index (χ3n) is 4.60. The fourth-order valence-electron chi connectivity index (χ4n) is 2.80. The van der Waals surface area contributed by atoms with Crippen LogP contribution < -0.4 is 5.32 Å². The van der Waals surface area contributed by atoms with E-state index in [9.17, 15) is 0 Å². The van der Waals surface area contributed by atoms with Gasteiger partial charge in [-0.05, 0) is 61.2 Å². The second-order valence-electron chi connectivity index (χ2n) is 6.64. The van der Waals surface area contributed by atoms with Gasteiger partial charge in [0.15, 0.2) is 0 Å². The molecule has 0 radical (unpaired) electrons. The van der Waals surface area contributed by atoms with E-state index < -0.39 is 0 Å². The largest absolute Gasteiger partial charge is 0.317 e. The number of benzene rings is 1. The van der Waals surface area contributed by atoms with E-state index in [-0.39, 0.29) is 5.41 Å². The van der Waals surface area contributed by atoms with Crippen molar-refractivity contribution in [3.8, 4) is 0 Å². The first kappa shape index (κ1) is 14.6. The molecule has 0 amide bonds. The van der Waals surface area contributed by atoms with Crippen LogP contribution in [0.5, 0.6) is 0 Å². The first-order chi connectivity index (χ1) is 9.13. The Morgan fingerprint density at radius 3 is 2.63 bits per heavy atom. The second kappa shape index (κ2) is 6.56. The molecule has 0 bridgehead atoms. The predicted octanol–water partition coefficient (Wildman–Crippen LogP) is 4.62. The van der Waals surface area contributed by atoms with Crippen LogP contribution in [0.25, 0.3) is 0 Å². The minimum atomic E-state index is 0.278. The minimum absolute atomic E-state index is 0.278. The summed E-state index contributed by atoms with van der Waals surface area (Å²) in [5, 5.41) is 3.52. The van der Waals surface area contributed by atoms with Gasteiger partial charge >= 0.3 is 0 Å². The quantitative estimate of drug-likeness (QED) is 0.704. The van der Waals surface area contributed by atoms with Crippen molar-refractivity contribution in [3.63, 3.8) is 0 Å². The predicted molar refractivity (Wildman–Crippen MR) is 83.8 cm³/mol. The van der Waals surface area contributed by atoms with E-state index in [1.54, 1.807) is 5.56 Å². The van der Waals surface area contributed by atoms with Crippen LogP contribution in [-0.2, 0) is 5.41 Å². The van der Waals surface area contributed by atoms with Crippen LogP contribution >= 0.6 is 0 Å². The van der Waals surface area contributed by atoms with Crippen molar-refractivity contribution < 1.29 is 0 Å². The standard InChI is InChI=1S/C18H29N/c1-4-12-19-13-11-18(2,3)17-10-6-9-16(14-17)15-7-5-8-15/h6,9-10,14-15,19H,4-5,7-8,11-13H2,1-3H3. The first-order valence-corrected chi connectivity index (χ1v) is 7.94. The third kappa shape index (κ3) is 3.82. The molecule has 0 saturated heterocycles. The van der Waals surface area contributed by atoms with Crippen LogP contribution in [-0.4, -0.2) is 13.1 Å². The molecule has 2 rings (SSSR count). The summed E-state index contributed by atoms with van der Waals surface area (Å²) in [4.78, 5) is 0. The van der Waals surface area contributed by atoms with Gasteiger partial charge in [-0.25, -0.2) is 0 Å². The van der Waals surface area contributed by atoms with Crippen LogP contribution in [0.3, 0.4) is 0 Å². The van der Waals surface area contributed by atoms with E-state index in [0.717, 1.165) is 19.0 Å². The van der Waals surface area contributed by atoms with Gasteiger partial charge in [-0.1, -0.05) is 51.5 Å². The van der Waals surface area contributed by atoms with E-state index in [2.05, 4.69) is 50.4 Å². The molecule has 1 nitrogen and oxygen atoms in total. The zero-order valence-corrected chi connectivity index (χ0v) is 12.8. The van der Waals surface area contributed by atoms with E-state index in [1.165, 1.54) is 37.7 Å². The Kier molecular flexibility index (Phi) is 5.04. The van der Waals surface area contributed by atoms with E-state index in [4.69, 9.17) is 0 Å². The molecular formula is C18H29N. The highest BCUT2D eigenvalue weighted by Gasteiger charge is 2.23. The summed E-state index contributed by atoms with van der Waals surface area (Å²) in [7, 11) is 0. The maximum atomic E-state index is 3.52. The first-order valence-electron chi connectivity index (χ1n) is 7.94. The van der Waals surface area contributed by atoms with E-state index in [1.807, 2.05) is 0 Å². The van der Waals surface area contributed by atoms with Gasteiger partial charge in [-0.2, -0.15) is 0 Å². The SMILES string of the molecule is CCCNCCC(C)(C)c1cccc(C2CCC2)c1. The van der Waals surface area contributed by atoms with Gasteiger partial charge in [0, 0.05) is 0 Å². The van der Waals surface area contributed by atoms with Crippen molar-refractivity contribution in [2.24, 2.45) is 0 Å². The summed E-state index contributed by atoms with van der Waals surface area (Å²) in [5.41, 5.74) is 3.36. The summed E-state index contributed by atoms with van der Waals surface area (Å²) in [5.74, 6) is 0.842. The molecule has 19 heavy (non-hydrogen) atoms. The summed E-state index contributed by atoms with van der Waals surface area (Å²) in [6.45, 7) is 9.23. The maximum Gasteiger partial charge on any atom is -0.00406 e. The van der Waals surface area contributed by atoms with Crippen molar-refractivity contribution >= 4 is 0 Å². The van der Waals surface area contributed by atoms with Crippen LogP contribution in [0.15, 0.2) is 24.3 Å². The van der Waals surface area contributed by atoms with Gasteiger partial charge < -0.3 is 5.32 Å². The van der Waals surface area contributed by atoms with Gasteiger partial charge in [-0.3, -0.25) is 0 Å². The summed E-state index contributed by atoms with van der Waals surface area (Å²) >= 11 is 0. The van der Waals surface area contributed by atoms with Crippen molar-refractivity contribution in [1.82, 2.24) is 5.32 Å². The monoisotopic (exact) mass is 259 g/mol. The zero-order chi connectivity index (χ0) is 13.7. The van der Waals surface area contributed by atoms with Crippen molar-refractivity contribution in [1.29, 1.82) is 0 Å². The highest BCUT2D eigenvalue weighted by Crippen LogP contribution is 2.38. The Bertz CT molecular complexity index is 390. The van der Waals surface area contributed by atoms with Crippen LogP contribution in [0.1, 0.15) is 69.9 Å². The lowest BCUT2D eigenvalue weighted by Gasteiger charge is -2.30. The average molecular weight is 259 g/mol. The molecule has 0 atom stereocenters. The van der Waals surface area contributed by atoms with Crippen molar-refractivity contribution in [3.05, 3.63) is 35.4 Å². The molecule has 1 aliphatic rings. The summed E-state index contributed by atoms with van der Waals surface area (Å²) in [6, 6.07) is 9.34. The van der Waals surface area contributed by atoms with E-state index in [0.29, 0.717) is 0 Å². The Morgan fingerprint density at radius 2 is 2.00 bits per heavy atom. The van der Waals surface area contributed by atoms with Crippen LogP contribution in [0, 0.1) is 0 Å². The normalized spacial score (nSPS) is 16.4. The lowest BCUT2D eigenvalue weighted by molar-refractivity contribution is 0.416. The molecule has 1 aliphatic carbocycles. The van der Waals surface area contributed by atoms with Crippen LogP contribution in [0.2, 0.25) is 0 Å². The molecule has 0 aromatic heterocycles. The van der Waals surface area contributed by atoms with Gasteiger partial charge in [-0.15, -0.1) is 0 Å².